The lowest BCUT2D eigenvalue weighted by molar-refractivity contribution is -0.116. The van der Waals surface area contributed by atoms with Crippen molar-refractivity contribution in [2.24, 2.45) is 0 Å². The summed E-state index contributed by atoms with van der Waals surface area (Å²) < 4.78 is 29.6. The molecule has 1 N–H and O–H groups in total. The van der Waals surface area contributed by atoms with E-state index in [4.69, 9.17) is 16.7 Å². The molecule has 7 nitrogen and oxygen atoms in total. The minimum Gasteiger partial charge on any atom is -0.309 e. The Kier molecular flexibility index (Phi) is 9.25. The van der Waals surface area contributed by atoms with Gasteiger partial charge in [0, 0.05) is 23.4 Å². The summed E-state index contributed by atoms with van der Waals surface area (Å²) in [7, 11) is -3.92. The number of rotatable bonds is 10. The fourth-order valence-corrected chi connectivity index (χ4v) is 5.36. The van der Waals surface area contributed by atoms with Crippen LogP contribution in [0, 0.1) is 0 Å². The molecule has 40 heavy (non-hydrogen) atoms. The van der Waals surface area contributed by atoms with Crippen LogP contribution in [0.3, 0.4) is 0 Å². The van der Waals surface area contributed by atoms with E-state index in [0.717, 1.165) is 22.2 Å². The summed E-state index contributed by atoms with van der Waals surface area (Å²) in [6.07, 6.45) is 1.99. The molecule has 0 radical (unpaired) electrons. The quantitative estimate of drug-likeness (QED) is 0.240. The number of halogens is 1. The van der Waals surface area contributed by atoms with Crippen molar-refractivity contribution in [3.63, 3.8) is 0 Å². The zero-order valence-electron chi connectivity index (χ0n) is 22.8. The molecule has 0 spiro atoms. The first-order chi connectivity index (χ1) is 19.0. The van der Waals surface area contributed by atoms with Gasteiger partial charge in [-0.15, -0.1) is 0 Å². The SMILES string of the molecule is CC(C)(C)c1cc(NC(=O)CN(CCc2ccccc2)S(=O)(=O)C=Cc2ccccc2)n(-c2ccccc2Cl)n1. The minimum absolute atomic E-state index is 0.135. The zero-order valence-corrected chi connectivity index (χ0v) is 24.4. The van der Waals surface area contributed by atoms with Crippen LogP contribution < -0.4 is 5.32 Å². The summed E-state index contributed by atoms with van der Waals surface area (Å²) in [6.45, 7) is 5.83. The van der Waals surface area contributed by atoms with Crippen molar-refractivity contribution in [2.75, 3.05) is 18.4 Å². The van der Waals surface area contributed by atoms with Crippen molar-refractivity contribution in [1.82, 2.24) is 14.1 Å². The first-order valence-electron chi connectivity index (χ1n) is 13.0. The highest BCUT2D eigenvalue weighted by atomic mass is 35.5. The lowest BCUT2D eigenvalue weighted by Gasteiger charge is -2.20. The first kappa shape index (κ1) is 29.3. The smallest absolute Gasteiger partial charge is 0.240 e. The fraction of sp³-hybridized carbons (Fsp3) is 0.226. The maximum absolute atomic E-state index is 13.4. The number of nitrogens with zero attached hydrogens (tertiary/aromatic N) is 3. The summed E-state index contributed by atoms with van der Waals surface area (Å²) >= 11 is 6.45. The lowest BCUT2D eigenvalue weighted by atomic mass is 9.92. The van der Waals surface area contributed by atoms with Crippen LogP contribution in [0.15, 0.2) is 96.4 Å². The van der Waals surface area contributed by atoms with Gasteiger partial charge in [0.2, 0.25) is 15.9 Å². The van der Waals surface area contributed by atoms with Gasteiger partial charge >= 0.3 is 0 Å². The van der Waals surface area contributed by atoms with E-state index in [1.165, 1.54) is 10.4 Å². The molecule has 0 aliphatic heterocycles. The van der Waals surface area contributed by atoms with Gasteiger partial charge in [0.15, 0.2) is 0 Å². The average Bonchev–Trinajstić information content (AvgIpc) is 3.35. The number of aromatic nitrogens is 2. The van der Waals surface area contributed by atoms with Crippen molar-refractivity contribution in [3.05, 3.63) is 118 Å². The van der Waals surface area contributed by atoms with Gasteiger partial charge in [-0.25, -0.2) is 13.1 Å². The summed E-state index contributed by atoms with van der Waals surface area (Å²) in [5.74, 6) is -0.0818. The summed E-state index contributed by atoms with van der Waals surface area (Å²) in [4.78, 5) is 13.4. The molecule has 0 saturated carbocycles. The molecule has 0 atom stereocenters. The Labute approximate surface area is 241 Å². The highest BCUT2D eigenvalue weighted by Gasteiger charge is 2.25. The normalized spacial score (nSPS) is 12.2. The van der Waals surface area contributed by atoms with E-state index in [0.29, 0.717) is 22.9 Å². The van der Waals surface area contributed by atoms with Crippen LogP contribution >= 0.6 is 11.6 Å². The summed E-state index contributed by atoms with van der Waals surface area (Å²) in [6, 6.07) is 27.7. The van der Waals surface area contributed by atoms with Crippen molar-refractivity contribution in [1.29, 1.82) is 0 Å². The highest BCUT2D eigenvalue weighted by Crippen LogP contribution is 2.29. The van der Waals surface area contributed by atoms with E-state index in [9.17, 15) is 13.2 Å². The Morgan fingerprint density at radius 3 is 2.25 bits per heavy atom. The minimum atomic E-state index is -3.92. The van der Waals surface area contributed by atoms with Crippen LogP contribution in [-0.4, -0.2) is 41.5 Å². The number of anilines is 1. The van der Waals surface area contributed by atoms with E-state index in [1.807, 2.05) is 99.6 Å². The molecule has 4 rings (SSSR count). The Morgan fingerprint density at radius 2 is 1.60 bits per heavy atom. The molecule has 3 aromatic carbocycles. The average molecular weight is 577 g/mol. The van der Waals surface area contributed by atoms with E-state index in [1.54, 1.807) is 16.8 Å². The molecular formula is C31H33ClN4O3S. The Bertz CT molecular complexity index is 1580. The molecule has 1 heterocycles. The third-order valence-electron chi connectivity index (χ3n) is 6.23. The fourth-order valence-electron chi connectivity index (χ4n) is 4.00. The van der Waals surface area contributed by atoms with Gasteiger partial charge < -0.3 is 5.32 Å². The van der Waals surface area contributed by atoms with Gasteiger partial charge in [-0.1, -0.05) is 105 Å². The maximum Gasteiger partial charge on any atom is 0.240 e. The first-order valence-corrected chi connectivity index (χ1v) is 14.8. The molecule has 0 bridgehead atoms. The van der Waals surface area contributed by atoms with Crippen molar-refractivity contribution in [3.8, 4) is 5.69 Å². The zero-order chi connectivity index (χ0) is 28.8. The van der Waals surface area contributed by atoms with Gasteiger partial charge in [0.05, 0.1) is 22.9 Å². The largest absolute Gasteiger partial charge is 0.309 e. The highest BCUT2D eigenvalue weighted by molar-refractivity contribution is 7.92. The van der Waals surface area contributed by atoms with Crippen LogP contribution in [0.25, 0.3) is 11.8 Å². The lowest BCUT2D eigenvalue weighted by Crippen LogP contribution is -2.38. The Balaban J connectivity index is 1.60. The molecule has 0 unspecified atom stereocenters. The number of carbonyl (C=O) groups is 1. The summed E-state index contributed by atoms with van der Waals surface area (Å²) in [5, 5.41) is 9.20. The number of hydrogen-bond acceptors (Lipinski definition) is 4. The Morgan fingerprint density at radius 1 is 0.975 bits per heavy atom. The second-order valence-corrected chi connectivity index (χ2v) is 12.6. The monoisotopic (exact) mass is 576 g/mol. The van der Waals surface area contributed by atoms with Crippen LogP contribution in [0.2, 0.25) is 5.02 Å². The van der Waals surface area contributed by atoms with E-state index in [2.05, 4.69) is 5.32 Å². The molecule has 0 aliphatic rings. The third-order valence-corrected chi connectivity index (χ3v) is 8.06. The molecule has 0 fully saturated rings. The van der Waals surface area contributed by atoms with E-state index in [-0.39, 0.29) is 18.5 Å². The molecular weight excluding hydrogens is 544 g/mol. The molecule has 1 aromatic heterocycles. The maximum atomic E-state index is 13.4. The molecule has 4 aromatic rings. The van der Waals surface area contributed by atoms with E-state index < -0.39 is 15.9 Å². The van der Waals surface area contributed by atoms with E-state index >= 15 is 0 Å². The van der Waals surface area contributed by atoms with Crippen LogP contribution in [-0.2, 0) is 26.7 Å². The second kappa shape index (κ2) is 12.6. The number of amides is 1. The van der Waals surface area contributed by atoms with Crippen molar-refractivity contribution in [2.45, 2.75) is 32.6 Å². The van der Waals surface area contributed by atoms with Crippen LogP contribution in [0.5, 0.6) is 0 Å². The predicted octanol–water partition coefficient (Wildman–Crippen LogP) is 6.31. The van der Waals surface area contributed by atoms with Crippen molar-refractivity contribution >= 4 is 39.4 Å². The second-order valence-electron chi connectivity index (χ2n) is 10.4. The number of hydrogen-bond donors (Lipinski definition) is 1. The van der Waals surface area contributed by atoms with Gasteiger partial charge in [-0.2, -0.15) is 9.40 Å². The standard InChI is InChI=1S/C31H33ClN4O3S/c1-31(2,3)28-22-29(36(34-28)27-17-11-10-16-26(27)32)33-30(37)23-35(20-18-24-12-6-4-7-13-24)40(38,39)21-19-25-14-8-5-9-15-25/h4-17,19,21-22H,18,20,23H2,1-3H3,(H,33,37). The molecule has 1 amide bonds. The third kappa shape index (κ3) is 7.69. The van der Waals surface area contributed by atoms with Gasteiger partial charge in [-0.05, 0) is 35.8 Å². The number of sulfonamides is 1. The van der Waals surface area contributed by atoms with Gasteiger partial charge in [-0.3, -0.25) is 4.79 Å². The van der Waals surface area contributed by atoms with Crippen LogP contribution in [0.4, 0.5) is 5.82 Å². The molecule has 0 aliphatic carbocycles. The number of nitrogens with one attached hydrogen (secondary N) is 1. The van der Waals surface area contributed by atoms with Gasteiger partial charge in [0.25, 0.3) is 0 Å². The number of para-hydroxylation sites is 1. The number of benzene rings is 3. The topological polar surface area (TPSA) is 84.3 Å². The van der Waals surface area contributed by atoms with Crippen molar-refractivity contribution < 1.29 is 13.2 Å². The Hall–Kier alpha value is -3.72. The number of carbonyl (C=O) groups excluding carboxylic acids is 1. The molecule has 0 saturated heterocycles. The molecule has 9 heteroatoms. The molecule has 208 valence electrons. The summed E-state index contributed by atoms with van der Waals surface area (Å²) in [5.41, 5.74) is 2.79. The predicted molar refractivity (Wildman–Crippen MR) is 162 cm³/mol. The van der Waals surface area contributed by atoms with Crippen LogP contribution in [0.1, 0.15) is 37.6 Å². The van der Waals surface area contributed by atoms with Gasteiger partial charge in [0.1, 0.15) is 5.82 Å².